The summed E-state index contributed by atoms with van der Waals surface area (Å²) in [7, 11) is 1.60. The minimum absolute atomic E-state index is 0.0488. The van der Waals surface area contributed by atoms with Crippen molar-refractivity contribution in [3.8, 4) is 5.75 Å². The minimum atomic E-state index is -0.0488. The highest BCUT2D eigenvalue weighted by Crippen LogP contribution is 2.23. The van der Waals surface area contributed by atoms with E-state index in [1.807, 2.05) is 18.2 Å². The molecule has 0 saturated carbocycles. The van der Waals surface area contributed by atoms with E-state index in [2.05, 4.69) is 50.4 Å². The van der Waals surface area contributed by atoms with Crippen molar-refractivity contribution in [3.63, 3.8) is 0 Å². The summed E-state index contributed by atoms with van der Waals surface area (Å²) in [4.78, 5) is 15.0. The van der Waals surface area contributed by atoms with Gasteiger partial charge < -0.3 is 10.1 Å². The molecule has 1 amide bonds. The van der Waals surface area contributed by atoms with Crippen molar-refractivity contribution in [2.45, 2.75) is 25.4 Å². The number of nitrogens with one attached hydrogen (secondary N) is 1. The molecule has 2 aromatic rings. The van der Waals surface area contributed by atoms with E-state index in [1.165, 1.54) is 5.56 Å². The van der Waals surface area contributed by atoms with Gasteiger partial charge in [-0.25, -0.2) is 0 Å². The van der Waals surface area contributed by atoms with E-state index >= 15 is 0 Å². The van der Waals surface area contributed by atoms with Crippen LogP contribution in [0, 0.1) is 0 Å². The van der Waals surface area contributed by atoms with E-state index in [0.29, 0.717) is 11.3 Å². The molecule has 4 nitrogen and oxygen atoms in total. The minimum Gasteiger partial charge on any atom is -0.497 e. The summed E-state index contributed by atoms with van der Waals surface area (Å²) in [5.74, 6) is 0.637. The third-order valence-corrected chi connectivity index (χ3v) is 5.28. The second kappa shape index (κ2) is 8.50. The number of benzene rings is 2. The molecule has 132 valence electrons. The van der Waals surface area contributed by atoms with E-state index in [9.17, 15) is 4.79 Å². The van der Waals surface area contributed by atoms with Crippen LogP contribution in [0.4, 0.5) is 0 Å². The first-order chi connectivity index (χ1) is 12.2. The number of likely N-dealkylation sites (tertiary alicyclic amines) is 1. The Balaban J connectivity index is 1.53. The maximum Gasteiger partial charge on any atom is 0.252 e. The normalized spacial score (nSPS) is 15.8. The van der Waals surface area contributed by atoms with Crippen LogP contribution in [0.3, 0.4) is 0 Å². The summed E-state index contributed by atoms with van der Waals surface area (Å²) in [6, 6.07) is 16.2. The van der Waals surface area contributed by atoms with Gasteiger partial charge in [-0.1, -0.05) is 30.3 Å². The molecular weight excluding hydrogens is 380 g/mol. The van der Waals surface area contributed by atoms with Crippen LogP contribution in [-0.2, 0) is 6.54 Å². The molecule has 0 unspecified atom stereocenters. The van der Waals surface area contributed by atoms with Gasteiger partial charge in [0.05, 0.1) is 12.7 Å². The molecule has 1 fully saturated rings. The number of amides is 1. The molecule has 1 N–H and O–H groups in total. The number of piperidine rings is 1. The number of ether oxygens (including phenoxy) is 1. The number of rotatable bonds is 5. The molecule has 25 heavy (non-hydrogen) atoms. The molecule has 1 heterocycles. The van der Waals surface area contributed by atoms with Gasteiger partial charge in [-0.05, 0) is 52.5 Å². The lowest BCUT2D eigenvalue weighted by molar-refractivity contribution is 0.0908. The number of hydrogen-bond acceptors (Lipinski definition) is 3. The Morgan fingerprint density at radius 3 is 2.60 bits per heavy atom. The first kappa shape index (κ1) is 18.0. The highest BCUT2D eigenvalue weighted by molar-refractivity contribution is 9.10. The van der Waals surface area contributed by atoms with Gasteiger partial charge in [0.25, 0.3) is 5.91 Å². The van der Waals surface area contributed by atoms with Crippen molar-refractivity contribution in [3.05, 3.63) is 64.1 Å². The van der Waals surface area contributed by atoms with Crippen LogP contribution in [0.5, 0.6) is 5.75 Å². The van der Waals surface area contributed by atoms with Crippen molar-refractivity contribution < 1.29 is 9.53 Å². The fourth-order valence-electron chi connectivity index (χ4n) is 3.15. The van der Waals surface area contributed by atoms with Gasteiger partial charge in [-0.15, -0.1) is 0 Å². The zero-order valence-corrected chi connectivity index (χ0v) is 16.0. The van der Waals surface area contributed by atoms with Crippen LogP contribution in [0.1, 0.15) is 28.8 Å². The Morgan fingerprint density at radius 1 is 1.20 bits per heavy atom. The summed E-state index contributed by atoms with van der Waals surface area (Å²) in [5.41, 5.74) is 1.95. The van der Waals surface area contributed by atoms with Crippen molar-refractivity contribution in [1.82, 2.24) is 10.2 Å². The number of carbonyl (C=O) groups is 1. The lowest BCUT2D eigenvalue weighted by Gasteiger charge is -2.32. The Bertz CT molecular complexity index is 713. The number of halogens is 1. The van der Waals surface area contributed by atoms with E-state index in [4.69, 9.17) is 4.74 Å². The number of nitrogens with zero attached hydrogens (tertiary/aromatic N) is 1. The SMILES string of the molecule is COc1ccc(Br)c(C(=O)NC2CCN(Cc3ccccc3)CC2)c1. The first-order valence-corrected chi connectivity index (χ1v) is 9.35. The van der Waals surface area contributed by atoms with Crippen LogP contribution >= 0.6 is 15.9 Å². The maximum absolute atomic E-state index is 12.6. The smallest absolute Gasteiger partial charge is 0.252 e. The largest absolute Gasteiger partial charge is 0.497 e. The van der Waals surface area contributed by atoms with E-state index < -0.39 is 0 Å². The van der Waals surface area contributed by atoms with Gasteiger partial charge in [0, 0.05) is 30.1 Å². The topological polar surface area (TPSA) is 41.6 Å². The Hall–Kier alpha value is -1.85. The monoisotopic (exact) mass is 402 g/mol. The molecular formula is C20H23BrN2O2. The molecule has 1 saturated heterocycles. The summed E-state index contributed by atoms with van der Waals surface area (Å²) >= 11 is 3.45. The highest BCUT2D eigenvalue weighted by Gasteiger charge is 2.22. The lowest BCUT2D eigenvalue weighted by atomic mass is 10.0. The van der Waals surface area contributed by atoms with Gasteiger partial charge in [-0.3, -0.25) is 9.69 Å². The van der Waals surface area contributed by atoms with Gasteiger partial charge >= 0.3 is 0 Å². The average Bonchev–Trinajstić information content (AvgIpc) is 2.64. The van der Waals surface area contributed by atoms with Crippen molar-refractivity contribution >= 4 is 21.8 Å². The molecule has 0 radical (unpaired) electrons. The van der Waals surface area contributed by atoms with Crippen LogP contribution in [-0.4, -0.2) is 37.0 Å². The third-order valence-electron chi connectivity index (χ3n) is 4.59. The van der Waals surface area contributed by atoms with Crippen LogP contribution in [0.2, 0.25) is 0 Å². The molecule has 0 spiro atoms. The summed E-state index contributed by atoms with van der Waals surface area (Å²) < 4.78 is 6.00. The molecule has 1 aliphatic rings. The second-order valence-corrected chi connectivity index (χ2v) is 7.21. The Morgan fingerprint density at radius 2 is 1.92 bits per heavy atom. The summed E-state index contributed by atoms with van der Waals surface area (Å²) in [6.45, 7) is 2.97. The van der Waals surface area contributed by atoms with E-state index in [0.717, 1.165) is 36.9 Å². The molecule has 5 heteroatoms. The van der Waals surface area contributed by atoms with E-state index in [1.54, 1.807) is 13.2 Å². The fraction of sp³-hybridized carbons (Fsp3) is 0.350. The third kappa shape index (κ3) is 4.83. The fourth-order valence-corrected chi connectivity index (χ4v) is 3.57. The van der Waals surface area contributed by atoms with Gasteiger partial charge in [0.1, 0.15) is 5.75 Å². The van der Waals surface area contributed by atoms with E-state index in [-0.39, 0.29) is 11.9 Å². The number of carbonyl (C=O) groups excluding carboxylic acids is 1. The molecule has 1 aliphatic heterocycles. The molecule has 0 aliphatic carbocycles. The van der Waals surface area contributed by atoms with Crippen LogP contribution < -0.4 is 10.1 Å². The average molecular weight is 403 g/mol. The van der Waals surface area contributed by atoms with Crippen molar-refractivity contribution in [2.24, 2.45) is 0 Å². The predicted molar refractivity (Wildman–Crippen MR) is 103 cm³/mol. The predicted octanol–water partition coefficient (Wildman–Crippen LogP) is 3.85. The molecule has 3 rings (SSSR count). The second-order valence-electron chi connectivity index (χ2n) is 6.36. The Kier molecular flexibility index (Phi) is 6.10. The lowest BCUT2D eigenvalue weighted by Crippen LogP contribution is -2.44. The van der Waals surface area contributed by atoms with Gasteiger partial charge in [0.15, 0.2) is 0 Å². The highest BCUT2D eigenvalue weighted by atomic mass is 79.9. The zero-order chi connectivity index (χ0) is 17.6. The number of methoxy groups -OCH3 is 1. The quantitative estimate of drug-likeness (QED) is 0.825. The Labute approximate surface area is 157 Å². The molecule has 0 aromatic heterocycles. The van der Waals surface area contributed by atoms with Crippen molar-refractivity contribution in [2.75, 3.05) is 20.2 Å². The summed E-state index contributed by atoms with van der Waals surface area (Å²) in [5, 5.41) is 3.16. The van der Waals surface area contributed by atoms with Crippen LogP contribution in [0.15, 0.2) is 53.0 Å². The van der Waals surface area contributed by atoms with Gasteiger partial charge in [0.2, 0.25) is 0 Å². The maximum atomic E-state index is 12.6. The van der Waals surface area contributed by atoms with Crippen molar-refractivity contribution in [1.29, 1.82) is 0 Å². The van der Waals surface area contributed by atoms with Gasteiger partial charge in [-0.2, -0.15) is 0 Å². The zero-order valence-electron chi connectivity index (χ0n) is 14.4. The number of hydrogen-bond donors (Lipinski definition) is 1. The first-order valence-electron chi connectivity index (χ1n) is 8.56. The molecule has 0 bridgehead atoms. The van der Waals surface area contributed by atoms with Crippen LogP contribution in [0.25, 0.3) is 0 Å². The standard InChI is InChI=1S/C20H23BrN2O2/c1-25-17-7-8-19(21)18(13-17)20(24)22-16-9-11-23(12-10-16)14-15-5-3-2-4-6-15/h2-8,13,16H,9-12,14H2,1H3,(H,22,24). The summed E-state index contributed by atoms with van der Waals surface area (Å²) in [6.07, 6.45) is 1.94. The molecule has 2 aromatic carbocycles. The molecule has 0 atom stereocenters.